The Hall–Kier alpha value is -1.75. The minimum Gasteiger partial charge on any atom is -0.341 e. The van der Waals surface area contributed by atoms with Crippen molar-refractivity contribution in [2.75, 3.05) is 18.8 Å². The summed E-state index contributed by atoms with van der Waals surface area (Å²) in [7, 11) is 0. The van der Waals surface area contributed by atoms with E-state index in [0.29, 0.717) is 17.6 Å². The summed E-state index contributed by atoms with van der Waals surface area (Å²) in [5.41, 5.74) is 3.63. The van der Waals surface area contributed by atoms with E-state index < -0.39 is 0 Å². The van der Waals surface area contributed by atoms with Crippen molar-refractivity contribution in [1.29, 1.82) is 0 Å². The molecule has 0 aliphatic carbocycles. The summed E-state index contributed by atoms with van der Waals surface area (Å²) in [6, 6.07) is 6.39. The number of benzene rings is 1. The second kappa shape index (κ2) is 7.65. The molecule has 134 valence electrons. The largest absolute Gasteiger partial charge is 0.341 e. The zero-order valence-electron chi connectivity index (χ0n) is 15.5. The molecule has 3 rings (SSSR count). The first-order chi connectivity index (χ1) is 11.9. The van der Waals surface area contributed by atoms with Gasteiger partial charge in [0.25, 0.3) is 0 Å². The van der Waals surface area contributed by atoms with Gasteiger partial charge in [-0.25, -0.2) is 4.98 Å². The minimum absolute atomic E-state index is 0.220. The summed E-state index contributed by atoms with van der Waals surface area (Å²) < 4.78 is 2.06. The number of amides is 1. The molecule has 1 aliphatic heterocycles. The second-order valence-corrected chi connectivity index (χ2v) is 8.32. The van der Waals surface area contributed by atoms with Gasteiger partial charge in [0.2, 0.25) is 5.91 Å². The summed E-state index contributed by atoms with van der Waals surface area (Å²) in [5.74, 6) is 1.85. The summed E-state index contributed by atoms with van der Waals surface area (Å²) in [5, 5.41) is 0.870. The zero-order valence-corrected chi connectivity index (χ0v) is 16.3. The predicted molar refractivity (Wildman–Crippen MR) is 103 cm³/mol. The Morgan fingerprint density at radius 3 is 2.60 bits per heavy atom. The Bertz CT molecular complexity index is 745. The Labute approximate surface area is 154 Å². The molecule has 0 bridgehead atoms. The van der Waals surface area contributed by atoms with Crippen LogP contribution in [-0.2, 0) is 4.79 Å². The molecule has 1 amide bonds. The van der Waals surface area contributed by atoms with Gasteiger partial charge in [0, 0.05) is 31.2 Å². The van der Waals surface area contributed by atoms with Crippen LogP contribution in [-0.4, -0.2) is 39.2 Å². The number of hydrogen-bond acceptors (Lipinski definition) is 3. The van der Waals surface area contributed by atoms with E-state index in [2.05, 4.69) is 55.4 Å². The van der Waals surface area contributed by atoms with Crippen molar-refractivity contribution in [1.82, 2.24) is 14.5 Å². The molecule has 1 fully saturated rings. The van der Waals surface area contributed by atoms with Crippen LogP contribution >= 0.6 is 11.8 Å². The molecule has 5 heteroatoms. The Morgan fingerprint density at radius 1 is 1.20 bits per heavy atom. The summed E-state index contributed by atoms with van der Waals surface area (Å²) >= 11 is 1.52. The van der Waals surface area contributed by atoms with Crippen LogP contribution in [0.15, 0.2) is 35.7 Å². The molecule has 0 radical (unpaired) electrons. The van der Waals surface area contributed by atoms with Crippen molar-refractivity contribution in [2.24, 2.45) is 11.8 Å². The van der Waals surface area contributed by atoms with Crippen molar-refractivity contribution >= 4 is 17.7 Å². The van der Waals surface area contributed by atoms with E-state index in [9.17, 15) is 4.79 Å². The number of aromatic nitrogens is 2. The third kappa shape index (κ3) is 4.27. The standard InChI is InChI=1S/C20H27N3OS/c1-14-9-15(2)12-22(11-14)19(24)13-25-20-21-7-8-23(20)18-6-5-16(3)17(4)10-18/h5-8,10,14-15H,9,11-13H2,1-4H3. The highest BCUT2D eigenvalue weighted by atomic mass is 32.2. The molecule has 25 heavy (non-hydrogen) atoms. The highest BCUT2D eigenvalue weighted by molar-refractivity contribution is 7.99. The van der Waals surface area contributed by atoms with Crippen LogP contribution in [0.3, 0.4) is 0 Å². The summed E-state index contributed by atoms with van der Waals surface area (Å²) in [6.45, 7) is 10.5. The Kier molecular flexibility index (Phi) is 5.52. The normalized spacial score (nSPS) is 20.7. The van der Waals surface area contributed by atoms with E-state index in [0.717, 1.165) is 23.9 Å². The molecule has 2 atom stereocenters. The molecule has 1 saturated heterocycles. The fourth-order valence-corrected chi connectivity index (χ4v) is 4.43. The van der Waals surface area contributed by atoms with Gasteiger partial charge in [-0.3, -0.25) is 9.36 Å². The van der Waals surface area contributed by atoms with Crippen LogP contribution in [0.4, 0.5) is 0 Å². The molecule has 2 aromatic rings. The molecule has 2 unspecified atom stereocenters. The minimum atomic E-state index is 0.220. The van der Waals surface area contributed by atoms with E-state index in [1.165, 1.54) is 29.3 Å². The number of rotatable bonds is 4. The number of piperidine rings is 1. The zero-order chi connectivity index (χ0) is 18.0. The van der Waals surface area contributed by atoms with E-state index in [-0.39, 0.29) is 5.91 Å². The van der Waals surface area contributed by atoms with Crippen LogP contribution in [0.5, 0.6) is 0 Å². The second-order valence-electron chi connectivity index (χ2n) is 7.38. The maximum absolute atomic E-state index is 12.6. The van der Waals surface area contributed by atoms with Crippen LogP contribution in [0.2, 0.25) is 0 Å². The lowest BCUT2D eigenvalue weighted by molar-refractivity contribution is -0.130. The smallest absolute Gasteiger partial charge is 0.233 e. The van der Waals surface area contributed by atoms with Gasteiger partial charge in [-0.2, -0.15) is 0 Å². The van der Waals surface area contributed by atoms with Crippen LogP contribution in [0.1, 0.15) is 31.4 Å². The maximum atomic E-state index is 12.6. The molecular formula is C20H27N3OS. The van der Waals surface area contributed by atoms with Gasteiger partial charge < -0.3 is 4.90 Å². The number of thioether (sulfide) groups is 1. The molecule has 2 heterocycles. The Balaban J connectivity index is 1.67. The molecule has 0 N–H and O–H groups in total. The number of nitrogens with zero attached hydrogens (tertiary/aromatic N) is 3. The van der Waals surface area contributed by atoms with Crippen molar-refractivity contribution in [3.8, 4) is 5.69 Å². The summed E-state index contributed by atoms with van der Waals surface area (Å²) in [6.07, 6.45) is 4.98. The van der Waals surface area contributed by atoms with Gasteiger partial charge in [0.05, 0.1) is 5.75 Å². The lowest BCUT2D eigenvalue weighted by Crippen LogP contribution is -2.43. The topological polar surface area (TPSA) is 38.1 Å². The number of imidazole rings is 1. The average molecular weight is 358 g/mol. The number of likely N-dealkylation sites (tertiary alicyclic amines) is 1. The van der Waals surface area contributed by atoms with E-state index in [1.54, 1.807) is 6.20 Å². The quantitative estimate of drug-likeness (QED) is 0.774. The molecular weight excluding hydrogens is 330 g/mol. The third-order valence-electron chi connectivity index (χ3n) is 4.92. The average Bonchev–Trinajstić information content (AvgIpc) is 3.02. The highest BCUT2D eigenvalue weighted by Crippen LogP contribution is 2.25. The van der Waals surface area contributed by atoms with Crippen molar-refractivity contribution in [3.63, 3.8) is 0 Å². The van der Waals surface area contributed by atoms with Crippen molar-refractivity contribution < 1.29 is 4.79 Å². The SMILES string of the molecule is Cc1ccc(-n2ccnc2SCC(=O)N2CC(C)CC(C)C2)cc1C. The van der Waals surface area contributed by atoms with Gasteiger partial charge in [0.1, 0.15) is 0 Å². The van der Waals surface area contributed by atoms with Crippen molar-refractivity contribution in [3.05, 3.63) is 41.7 Å². The molecule has 1 aliphatic rings. The third-order valence-corrected chi connectivity index (χ3v) is 5.87. The first-order valence-corrected chi connectivity index (χ1v) is 9.94. The number of hydrogen-bond donors (Lipinski definition) is 0. The van der Waals surface area contributed by atoms with Crippen LogP contribution in [0, 0.1) is 25.7 Å². The van der Waals surface area contributed by atoms with Crippen LogP contribution in [0.25, 0.3) is 5.69 Å². The van der Waals surface area contributed by atoms with E-state index in [4.69, 9.17) is 0 Å². The maximum Gasteiger partial charge on any atom is 0.233 e. The van der Waals surface area contributed by atoms with Crippen molar-refractivity contribution in [2.45, 2.75) is 39.3 Å². The highest BCUT2D eigenvalue weighted by Gasteiger charge is 2.25. The molecule has 0 spiro atoms. The molecule has 1 aromatic heterocycles. The number of aryl methyl sites for hydroxylation is 2. The summed E-state index contributed by atoms with van der Waals surface area (Å²) in [4.78, 5) is 19.1. The predicted octanol–water partition coefficient (Wildman–Crippen LogP) is 4.09. The first-order valence-electron chi connectivity index (χ1n) is 8.95. The van der Waals surface area contributed by atoms with E-state index in [1.807, 2.05) is 11.1 Å². The number of carbonyl (C=O) groups is 1. The van der Waals surface area contributed by atoms with Gasteiger partial charge in [-0.05, 0) is 55.4 Å². The van der Waals surface area contributed by atoms with Gasteiger partial charge in [0.15, 0.2) is 5.16 Å². The van der Waals surface area contributed by atoms with Gasteiger partial charge >= 0.3 is 0 Å². The van der Waals surface area contributed by atoms with Crippen LogP contribution < -0.4 is 0 Å². The fraction of sp³-hybridized carbons (Fsp3) is 0.500. The lowest BCUT2D eigenvalue weighted by atomic mass is 9.92. The molecule has 1 aromatic carbocycles. The Morgan fingerprint density at radius 2 is 1.92 bits per heavy atom. The lowest BCUT2D eigenvalue weighted by Gasteiger charge is -2.35. The van der Waals surface area contributed by atoms with Gasteiger partial charge in [-0.1, -0.05) is 31.7 Å². The first kappa shape index (κ1) is 18.1. The fourth-order valence-electron chi connectivity index (χ4n) is 3.55. The molecule has 0 saturated carbocycles. The monoisotopic (exact) mass is 357 g/mol. The van der Waals surface area contributed by atoms with Gasteiger partial charge in [-0.15, -0.1) is 0 Å². The number of carbonyl (C=O) groups excluding carboxylic acids is 1. The molecule has 4 nitrogen and oxygen atoms in total. The van der Waals surface area contributed by atoms with E-state index >= 15 is 0 Å².